The predicted molar refractivity (Wildman–Crippen MR) is 45.4 cm³/mol. The lowest BCUT2D eigenvalue weighted by Crippen LogP contribution is -2.43. The molecule has 0 aliphatic carbocycles. The third-order valence-corrected chi connectivity index (χ3v) is 1.30. The summed E-state index contributed by atoms with van der Waals surface area (Å²) >= 11 is 0. The van der Waals surface area contributed by atoms with E-state index < -0.39 is 0 Å². The zero-order chi connectivity index (χ0) is 8.91. The number of carbonyl (C=O) groups excluding carboxylic acids is 1. The summed E-state index contributed by atoms with van der Waals surface area (Å²) in [7, 11) is 7.88. The summed E-state index contributed by atoms with van der Waals surface area (Å²) in [5.74, 6) is 0. The average Bonchev–Trinajstić information content (AvgIpc) is 1.85. The van der Waals surface area contributed by atoms with Crippen LogP contribution in [0.1, 0.15) is 0 Å². The van der Waals surface area contributed by atoms with Gasteiger partial charge in [0.05, 0.1) is 34.2 Å². The molecule has 4 nitrogen and oxygen atoms in total. The van der Waals surface area contributed by atoms with Crippen LogP contribution in [0.2, 0.25) is 0 Å². The molecule has 0 aliphatic rings. The second-order valence-corrected chi connectivity index (χ2v) is 3.52. The van der Waals surface area contributed by atoms with Gasteiger partial charge in [0.25, 0.3) is 0 Å². The average molecular weight is 160 g/mol. The molecule has 0 rings (SSSR count). The normalized spacial score (nSPS) is 10.9. The first-order valence-corrected chi connectivity index (χ1v) is 3.72. The van der Waals surface area contributed by atoms with Gasteiger partial charge in [-0.25, -0.2) is 4.79 Å². The maximum Gasteiger partial charge on any atom is 0.314 e. The Morgan fingerprint density at radius 1 is 1.36 bits per heavy atom. The van der Waals surface area contributed by atoms with E-state index >= 15 is 0 Å². The summed E-state index contributed by atoms with van der Waals surface area (Å²) in [5.41, 5.74) is 0. The summed E-state index contributed by atoms with van der Waals surface area (Å²) < 4.78 is 0.865. The highest BCUT2D eigenvalue weighted by Crippen LogP contribution is 1.85. The Balaban J connectivity index is 3.35. The molecule has 0 fully saturated rings. The second kappa shape index (κ2) is 4.18. The van der Waals surface area contributed by atoms with Crippen LogP contribution in [0.15, 0.2) is 0 Å². The topological polar surface area (TPSA) is 41.1 Å². The van der Waals surface area contributed by atoms with Crippen molar-refractivity contribution in [3.8, 4) is 0 Å². The number of hydrogen-bond acceptors (Lipinski definition) is 1. The molecule has 4 heteroatoms. The van der Waals surface area contributed by atoms with Crippen molar-refractivity contribution >= 4 is 6.03 Å². The van der Waals surface area contributed by atoms with E-state index in [4.69, 9.17) is 0 Å². The molecule has 2 N–H and O–H groups in total. The highest BCUT2D eigenvalue weighted by atomic mass is 16.2. The van der Waals surface area contributed by atoms with Crippen LogP contribution in [0.3, 0.4) is 0 Å². The fraction of sp³-hybridized carbons (Fsp3) is 0.857. The quantitative estimate of drug-likeness (QED) is 0.543. The maximum absolute atomic E-state index is 10.7. The lowest BCUT2D eigenvalue weighted by Gasteiger charge is -2.23. The molecule has 0 saturated heterocycles. The fourth-order valence-electron chi connectivity index (χ4n) is 0.593. The van der Waals surface area contributed by atoms with E-state index in [1.54, 1.807) is 7.05 Å². The molecule has 0 atom stereocenters. The van der Waals surface area contributed by atoms with Gasteiger partial charge in [-0.15, -0.1) is 0 Å². The molecule has 0 bridgehead atoms. The largest absolute Gasteiger partial charge is 0.341 e. The predicted octanol–water partition coefficient (Wildman–Crippen LogP) is -0.378. The van der Waals surface area contributed by atoms with Gasteiger partial charge in [0, 0.05) is 7.05 Å². The van der Waals surface area contributed by atoms with Gasteiger partial charge in [-0.3, -0.25) is 0 Å². The zero-order valence-corrected chi connectivity index (χ0v) is 7.77. The molecule has 0 aromatic rings. The van der Waals surface area contributed by atoms with Crippen LogP contribution in [0, 0.1) is 0 Å². The van der Waals surface area contributed by atoms with Crippen LogP contribution in [0.25, 0.3) is 0 Å². The molecule has 0 unspecified atom stereocenters. The molecule has 0 radical (unpaired) electrons. The lowest BCUT2D eigenvalue weighted by molar-refractivity contribution is -0.869. The van der Waals surface area contributed by atoms with Crippen LogP contribution in [-0.4, -0.2) is 51.8 Å². The van der Waals surface area contributed by atoms with E-state index in [-0.39, 0.29) is 6.03 Å². The van der Waals surface area contributed by atoms with Gasteiger partial charge in [-0.2, -0.15) is 0 Å². The molecule has 0 aromatic carbocycles. The number of rotatable bonds is 3. The minimum Gasteiger partial charge on any atom is -0.341 e. The Morgan fingerprint density at radius 3 is 2.27 bits per heavy atom. The van der Waals surface area contributed by atoms with E-state index in [9.17, 15) is 4.79 Å². The van der Waals surface area contributed by atoms with Crippen LogP contribution >= 0.6 is 0 Å². The summed E-state index contributed by atoms with van der Waals surface area (Å²) in [6.07, 6.45) is 0. The summed E-state index contributed by atoms with van der Waals surface area (Å²) in [5, 5.41) is 5.22. The number of carbonyl (C=O) groups is 1. The first-order chi connectivity index (χ1) is 4.95. The fourth-order valence-corrected chi connectivity index (χ4v) is 0.593. The third-order valence-electron chi connectivity index (χ3n) is 1.30. The van der Waals surface area contributed by atoms with Gasteiger partial charge in [-0.05, 0) is 0 Å². The monoisotopic (exact) mass is 160 g/mol. The number of quaternary nitrogens is 1. The maximum atomic E-state index is 10.7. The van der Waals surface area contributed by atoms with Gasteiger partial charge >= 0.3 is 6.03 Å². The highest BCUT2D eigenvalue weighted by Gasteiger charge is 2.06. The van der Waals surface area contributed by atoms with Crippen molar-refractivity contribution in [3.63, 3.8) is 0 Å². The Kier molecular flexibility index (Phi) is 3.89. The number of nitrogens with zero attached hydrogens (tertiary/aromatic N) is 1. The first-order valence-electron chi connectivity index (χ1n) is 3.72. The van der Waals surface area contributed by atoms with E-state index in [0.717, 1.165) is 11.0 Å². The molecule has 66 valence electrons. The van der Waals surface area contributed by atoms with Crippen molar-refractivity contribution in [1.82, 2.24) is 10.6 Å². The van der Waals surface area contributed by atoms with Gasteiger partial charge in [0.1, 0.15) is 0 Å². The van der Waals surface area contributed by atoms with Crippen molar-refractivity contribution in [2.24, 2.45) is 0 Å². The molecular weight excluding hydrogens is 142 g/mol. The van der Waals surface area contributed by atoms with Gasteiger partial charge in [0.15, 0.2) is 0 Å². The van der Waals surface area contributed by atoms with Gasteiger partial charge in [-0.1, -0.05) is 0 Å². The molecule has 0 heterocycles. The van der Waals surface area contributed by atoms with E-state index in [0.29, 0.717) is 6.54 Å². The molecule has 0 spiro atoms. The van der Waals surface area contributed by atoms with E-state index in [1.807, 2.05) is 0 Å². The SMILES string of the molecule is CNC(=O)NCC[N+](C)(C)C. The van der Waals surface area contributed by atoms with Crippen molar-refractivity contribution in [2.75, 3.05) is 41.3 Å². The number of likely N-dealkylation sites (N-methyl/N-ethyl adjacent to an activating group) is 1. The van der Waals surface area contributed by atoms with E-state index in [2.05, 4.69) is 31.8 Å². The van der Waals surface area contributed by atoms with Crippen molar-refractivity contribution < 1.29 is 9.28 Å². The van der Waals surface area contributed by atoms with E-state index in [1.165, 1.54) is 0 Å². The molecule has 2 amide bonds. The van der Waals surface area contributed by atoms with Crippen LogP contribution in [0.4, 0.5) is 4.79 Å². The van der Waals surface area contributed by atoms with Crippen LogP contribution < -0.4 is 10.6 Å². The Hall–Kier alpha value is -0.770. The number of hydrogen-bond donors (Lipinski definition) is 2. The smallest absolute Gasteiger partial charge is 0.314 e. The first kappa shape index (κ1) is 10.2. The minimum absolute atomic E-state index is 0.113. The summed E-state index contributed by atoms with van der Waals surface area (Å²) in [4.78, 5) is 10.7. The third kappa shape index (κ3) is 7.12. The van der Waals surface area contributed by atoms with Gasteiger partial charge in [0.2, 0.25) is 0 Å². The molecule has 0 saturated carbocycles. The number of amides is 2. The molecular formula is C7H18N3O+. The van der Waals surface area contributed by atoms with Crippen molar-refractivity contribution in [2.45, 2.75) is 0 Å². The Morgan fingerprint density at radius 2 is 1.91 bits per heavy atom. The van der Waals surface area contributed by atoms with Crippen LogP contribution in [-0.2, 0) is 0 Å². The number of nitrogens with one attached hydrogen (secondary N) is 2. The molecule has 0 aliphatic heterocycles. The Labute approximate surface area is 68.2 Å². The second-order valence-electron chi connectivity index (χ2n) is 3.52. The molecule has 11 heavy (non-hydrogen) atoms. The minimum atomic E-state index is -0.113. The van der Waals surface area contributed by atoms with Gasteiger partial charge < -0.3 is 15.1 Å². The van der Waals surface area contributed by atoms with Crippen molar-refractivity contribution in [1.29, 1.82) is 0 Å². The lowest BCUT2D eigenvalue weighted by atomic mass is 10.5. The summed E-state index contributed by atoms with van der Waals surface area (Å²) in [6, 6.07) is -0.113. The van der Waals surface area contributed by atoms with Crippen molar-refractivity contribution in [3.05, 3.63) is 0 Å². The zero-order valence-electron chi connectivity index (χ0n) is 7.77. The Bertz CT molecular complexity index is 128. The van der Waals surface area contributed by atoms with Crippen LogP contribution in [0.5, 0.6) is 0 Å². The highest BCUT2D eigenvalue weighted by molar-refractivity contribution is 5.73. The molecule has 0 aromatic heterocycles. The standard InChI is InChI=1S/C7H17N3O/c1-8-7(11)9-5-6-10(2,3)4/h5-6H2,1-4H3,(H-,8,9,11)/p+1. The summed E-state index contributed by atoms with van der Waals surface area (Å²) in [6.45, 7) is 1.65. The number of urea groups is 1.